The van der Waals surface area contributed by atoms with Crippen LogP contribution in [0.4, 0.5) is 0 Å². The third-order valence-electron chi connectivity index (χ3n) is 2.16. The summed E-state index contributed by atoms with van der Waals surface area (Å²) in [6.45, 7) is 3.88. The Kier molecular flexibility index (Phi) is 3.24. The Morgan fingerprint density at radius 1 is 1.67 bits per heavy atom. The van der Waals surface area contributed by atoms with Crippen LogP contribution >= 0.6 is 0 Å². The van der Waals surface area contributed by atoms with Gasteiger partial charge in [0.2, 0.25) is 0 Å². The Bertz CT molecular complexity index is 368. The van der Waals surface area contributed by atoms with Crippen molar-refractivity contribution >= 4 is 12.3 Å². The van der Waals surface area contributed by atoms with Gasteiger partial charge >= 0.3 is 5.97 Å². The molecule has 0 amide bonds. The fourth-order valence-electron chi connectivity index (χ4n) is 1.34. The van der Waals surface area contributed by atoms with Crippen LogP contribution in [0.15, 0.2) is 12.4 Å². The van der Waals surface area contributed by atoms with E-state index in [-0.39, 0.29) is 5.97 Å². The maximum atomic E-state index is 11.4. The minimum Gasteiger partial charge on any atom is -0.469 e. The SMILES string of the molecule is COC(=O)C(C)(C)Cn1ccnc1C=O. The number of hydrogen-bond acceptors (Lipinski definition) is 4. The van der Waals surface area contributed by atoms with Crippen LogP contribution in [-0.4, -0.2) is 28.9 Å². The predicted molar refractivity (Wildman–Crippen MR) is 53.4 cm³/mol. The molecule has 0 spiro atoms. The maximum absolute atomic E-state index is 11.4. The lowest BCUT2D eigenvalue weighted by Gasteiger charge is -2.22. The molecular weight excluding hydrogens is 196 g/mol. The summed E-state index contributed by atoms with van der Waals surface area (Å²) in [7, 11) is 1.35. The van der Waals surface area contributed by atoms with Crippen molar-refractivity contribution in [2.24, 2.45) is 5.41 Å². The van der Waals surface area contributed by atoms with E-state index in [0.29, 0.717) is 18.7 Å². The van der Waals surface area contributed by atoms with Gasteiger partial charge in [0, 0.05) is 18.9 Å². The van der Waals surface area contributed by atoms with Gasteiger partial charge in [0.15, 0.2) is 12.1 Å². The molecule has 15 heavy (non-hydrogen) atoms. The highest BCUT2D eigenvalue weighted by atomic mass is 16.5. The summed E-state index contributed by atoms with van der Waals surface area (Å²) in [5, 5.41) is 0. The van der Waals surface area contributed by atoms with E-state index in [4.69, 9.17) is 0 Å². The Balaban J connectivity index is 2.85. The molecule has 0 aliphatic rings. The van der Waals surface area contributed by atoms with Gasteiger partial charge in [0.1, 0.15) is 0 Å². The minimum atomic E-state index is -0.673. The largest absolute Gasteiger partial charge is 0.469 e. The number of carbonyl (C=O) groups is 2. The maximum Gasteiger partial charge on any atom is 0.313 e. The highest BCUT2D eigenvalue weighted by Crippen LogP contribution is 2.20. The van der Waals surface area contributed by atoms with Crippen molar-refractivity contribution in [3.05, 3.63) is 18.2 Å². The number of nitrogens with zero attached hydrogens (tertiary/aromatic N) is 2. The standard InChI is InChI=1S/C10H14N2O3/c1-10(2,9(14)15-3)7-12-5-4-11-8(12)6-13/h4-6H,7H2,1-3H3. The van der Waals surface area contributed by atoms with Crippen molar-refractivity contribution in [3.8, 4) is 0 Å². The first kappa shape index (κ1) is 11.4. The van der Waals surface area contributed by atoms with Crippen molar-refractivity contribution in [1.29, 1.82) is 0 Å². The summed E-state index contributed by atoms with van der Waals surface area (Å²) in [4.78, 5) is 25.9. The average molecular weight is 210 g/mol. The second-order valence-corrected chi connectivity index (χ2v) is 3.91. The third kappa shape index (κ3) is 2.43. The Labute approximate surface area is 88.1 Å². The summed E-state index contributed by atoms with van der Waals surface area (Å²) < 4.78 is 6.31. The predicted octanol–water partition coefficient (Wildman–Crippen LogP) is 0.895. The number of carbonyl (C=O) groups excluding carboxylic acids is 2. The molecule has 0 saturated heterocycles. The van der Waals surface area contributed by atoms with Crippen LogP contribution in [0.25, 0.3) is 0 Å². The lowest BCUT2D eigenvalue weighted by atomic mass is 9.93. The van der Waals surface area contributed by atoms with Crippen molar-refractivity contribution in [1.82, 2.24) is 9.55 Å². The number of methoxy groups -OCH3 is 1. The fourth-order valence-corrected chi connectivity index (χ4v) is 1.34. The molecule has 0 aliphatic carbocycles. The molecule has 1 aromatic heterocycles. The molecule has 5 nitrogen and oxygen atoms in total. The van der Waals surface area contributed by atoms with Gasteiger partial charge in [-0.15, -0.1) is 0 Å². The summed E-state index contributed by atoms with van der Waals surface area (Å²) >= 11 is 0. The summed E-state index contributed by atoms with van der Waals surface area (Å²) in [5.41, 5.74) is -0.673. The van der Waals surface area contributed by atoms with Gasteiger partial charge in [-0.1, -0.05) is 0 Å². The number of esters is 1. The van der Waals surface area contributed by atoms with Crippen LogP contribution in [0.3, 0.4) is 0 Å². The average Bonchev–Trinajstić information content (AvgIpc) is 2.63. The van der Waals surface area contributed by atoms with Crippen LogP contribution in [0, 0.1) is 5.41 Å². The Morgan fingerprint density at radius 3 is 2.87 bits per heavy atom. The van der Waals surface area contributed by atoms with E-state index in [9.17, 15) is 9.59 Å². The number of aromatic nitrogens is 2. The van der Waals surface area contributed by atoms with Gasteiger partial charge in [-0.05, 0) is 13.8 Å². The molecule has 1 rings (SSSR count). The van der Waals surface area contributed by atoms with Crippen LogP contribution in [0.1, 0.15) is 24.5 Å². The van der Waals surface area contributed by atoms with Gasteiger partial charge in [0.05, 0.1) is 12.5 Å². The van der Waals surface area contributed by atoms with Crippen LogP contribution < -0.4 is 0 Å². The van der Waals surface area contributed by atoms with Crippen LogP contribution in [-0.2, 0) is 16.1 Å². The second kappa shape index (κ2) is 4.25. The first-order valence-corrected chi connectivity index (χ1v) is 4.56. The molecule has 1 aromatic rings. The molecule has 0 radical (unpaired) electrons. The molecule has 0 saturated carbocycles. The molecule has 0 aliphatic heterocycles. The molecule has 0 atom stereocenters. The topological polar surface area (TPSA) is 61.2 Å². The van der Waals surface area contributed by atoms with E-state index in [2.05, 4.69) is 9.72 Å². The smallest absolute Gasteiger partial charge is 0.313 e. The zero-order valence-corrected chi connectivity index (χ0v) is 9.06. The molecule has 0 unspecified atom stereocenters. The van der Waals surface area contributed by atoms with Crippen molar-refractivity contribution in [3.63, 3.8) is 0 Å². The van der Waals surface area contributed by atoms with E-state index in [1.165, 1.54) is 13.3 Å². The van der Waals surface area contributed by atoms with E-state index >= 15 is 0 Å². The summed E-state index contributed by atoms with van der Waals surface area (Å²) in [5.74, 6) is 0.0000250. The van der Waals surface area contributed by atoms with E-state index < -0.39 is 5.41 Å². The van der Waals surface area contributed by atoms with Crippen molar-refractivity contribution < 1.29 is 14.3 Å². The number of hydrogen-bond donors (Lipinski definition) is 0. The molecule has 0 aromatic carbocycles. The molecule has 82 valence electrons. The molecule has 5 heteroatoms. The van der Waals surface area contributed by atoms with Crippen molar-refractivity contribution in [2.75, 3.05) is 7.11 Å². The third-order valence-corrected chi connectivity index (χ3v) is 2.16. The molecule has 0 N–H and O–H groups in total. The normalized spacial score (nSPS) is 11.1. The zero-order valence-electron chi connectivity index (χ0n) is 9.06. The van der Waals surface area contributed by atoms with Gasteiger partial charge in [0.25, 0.3) is 0 Å². The number of rotatable bonds is 4. The number of aldehydes is 1. The van der Waals surface area contributed by atoms with E-state index in [1.807, 2.05) is 0 Å². The Hall–Kier alpha value is -1.65. The second-order valence-electron chi connectivity index (χ2n) is 3.91. The molecule has 0 fully saturated rings. The van der Waals surface area contributed by atoms with Crippen molar-refractivity contribution in [2.45, 2.75) is 20.4 Å². The first-order chi connectivity index (χ1) is 7.01. The highest BCUT2D eigenvalue weighted by molar-refractivity contribution is 5.76. The molecule has 1 heterocycles. The highest BCUT2D eigenvalue weighted by Gasteiger charge is 2.29. The number of ether oxygens (including phenoxy) is 1. The van der Waals surface area contributed by atoms with E-state index in [1.54, 1.807) is 24.6 Å². The van der Waals surface area contributed by atoms with E-state index in [0.717, 1.165) is 0 Å². The molecule has 0 bridgehead atoms. The fraction of sp³-hybridized carbons (Fsp3) is 0.500. The van der Waals surface area contributed by atoms with Crippen LogP contribution in [0.5, 0.6) is 0 Å². The van der Waals surface area contributed by atoms with Crippen LogP contribution in [0.2, 0.25) is 0 Å². The monoisotopic (exact) mass is 210 g/mol. The van der Waals surface area contributed by atoms with Gasteiger partial charge in [-0.25, -0.2) is 4.98 Å². The first-order valence-electron chi connectivity index (χ1n) is 4.56. The minimum absolute atomic E-state index is 0.312. The lowest BCUT2D eigenvalue weighted by molar-refractivity contribution is -0.151. The zero-order chi connectivity index (χ0) is 11.5. The summed E-state index contributed by atoms with van der Waals surface area (Å²) in [6.07, 6.45) is 3.85. The van der Waals surface area contributed by atoms with Gasteiger partial charge in [-0.3, -0.25) is 9.59 Å². The van der Waals surface area contributed by atoms with Gasteiger partial charge in [-0.2, -0.15) is 0 Å². The Morgan fingerprint density at radius 2 is 2.33 bits per heavy atom. The molecular formula is C10H14N2O3. The van der Waals surface area contributed by atoms with Gasteiger partial charge < -0.3 is 9.30 Å². The number of imidazole rings is 1. The summed E-state index contributed by atoms with van der Waals surface area (Å²) in [6, 6.07) is 0. The lowest BCUT2D eigenvalue weighted by Crippen LogP contribution is -2.31. The quantitative estimate of drug-likeness (QED) is 0.547.